The first kappa shape index (κ1) is 13.1. The van der Waals surface area contributed by atoms with Gasteiger partial charge in [-0.15, -0.1) is 0 Å². The summed E-state index contributed by atoms with van der Waals surface area (Å²) in [5, 5.41) is 0. The van der Waals surface area contributed by atoms with E-state index in [9.17, 15) is 0 Å². The van der Waals surface area contributed by atoms with Crippen LogP contribution in [-0.4, -0.2) is 15.3 Å². The SMILES string of the molecule is [CH3][SnH]([CH3])[Hf]([C]1=CC=CC1)[CH]1C=Cc2ccccc21. The van der Waals surface area contributed by atoms with Crippen molar-refractivity contribution in [2.75, 3.05) is 0 Å². The Morgan fingerprint density at radius 2 is 2.06 bits per heavy atom. The molecule has 1 aromatic rings. The molecule has 0 aliphatic heterocycles. The van der Waals surface area contributed by atoms with E-state index in [1.807, 2.05) is 3.33 Å². The second-order valence-electron chi connectivity index (χ2n) is 5.40. The molecule has 1 unspecified atom stereocenters. The molecule has 0 radical (unpaired) electrons. The molecule has 2 aliphatic rings. The molecule has 0 bridgehead atoms. The van der Waals surface area contributed by atoms with Gasteiger partial charge in [0.05, 0.1) is 0 Å². The van der Waals surface area contributed by atoms with Crippen molar-refractivity contribution in [2.24, 2.45) is 0 Å². The molecule has 18 heavy (non-hydrogen) atoms. The molecule has 0 amide bonds. The summed E-state index contributed by atoms with van der Waals surface area (Å²) in [6.07, 6.45) is 13.3. The molecule has 0 N–H and O–H groups in total. The molecule has 0 aromatic heterocycles. The minimum atomic E-state index is -1.57. The van der Waals surface area contributed by atoms with Gasteiger partial charge in [-0.05, 0) is 0 Å². The van der Waals surface area contributed by atoms with E-state index in [1.54, 1.807) is 5.56 Å². The molecular weight excluding hydrogens is 489 g/mol. The Hall–Kier alpha value is 0.109. The number of fused-ring (bicyclic) bond motifs is 1. The molecule has 2 aliphatic carbocycles. The molecular formula is C16H19HfSn. The van der Waals surface area contributed by atoms with Crippen molar-refractivity contribution in [1.29, 1.82) is 0 Å². The Balaban J connectivity index is 1.96. The Bertz CT molecular complexity index is 540. The van der Waals surface area contributed by atoms with Crippen LogP contribution in [0.5, 0.6) is 0 Å². The fourth-order valence-electron chi connectivity index (χ4n) is 3.11. The molecule has 0 fully saturated rings. The maximum atomic E-state index is 2.65. The fourth-order valence-corrected chi connectivity index (χ4v) is 61.2. The summed E-state index contributed by atoms with van der Waals surface area (Å²) in [7, 11) is 0. The Morgan fingerprint density at radius 1 is 1.22 bits per heavy atom. The van der Waals surface area contributed by atoms with Gasteiger partial charge in [0.15, 0.2) is 0 Å². The van der Waals surface area contributed by atoms with Crippen molar-refractivity contribution in [3.05, 3.63) is 63.0 Å². The standard InChI is InChI=1S/C9H7.C5H5.2CH3.Hf.Sn.H/c1-2-5-9-7-3-6-8(9)4-1;1-2-4-5-3-1;;;;;/h1-7H;1-3H,4H2;2*1H3;;;. The van der Waals surface area contributed by atoms with Crippen LogP contribution in [0.4, 0.5) is 0 Å². The third-order valence-electron chi connectivity index (χ3n) is 3.90. The van der Waals surface area contributed by atoms with Crippen molar-refractivity contribution in [3.63, 3.8) is 0 Å². The second kappa shape index (κ2) is 5.62. The summed E-state index contributed by atoms with van der Waals surface area (Å²) >= 11 is -2.78. The number of benzene rings is 1. The Morgan fingerprint density at radius 3 is 2.78 bits per heavy atom. The molecule has 0 nitrogen and oxygen atoms in total. The van der Waals surface area contributed by atoms with Crippen LogP contribution in [0.25, 0.3) is 6.08 Å². The van der Waals surface area contributed by atoms with E-state index >= 15 is 0 Å². The predicted octanol–water partition coefficient (Wildman–Crippen LogP) is 4.20. The zero-order valence-corrected chi connectivity index (χ0v) is 17.9. The maximum absolute atomic E-state index is 2.65. The van der Waals surface area contributed by atoms with Gasteiger partial charge in [-0.3, -0.25) is 0 Å². The van der Waals surface area contributed by atoms with Crippen LogP contribution < -0.4 is 0 Å². The average molecular weight is 509 g/mol. The summed E-state index contributed by atoms with van der Waals surface area (Å²) in [6.45, 7) is 0. The van der Waals surface area contributed by atoms with E-state index in [4.69, 9.17) is 0 Å². The van der Waals surface area contributed by atoms with E-state index in [0.717, 1.165) is 3.67 Å². The molecule has 0 heterocycles. The third-order valence-corrected chi connectivity index (χ3v) is 62.7. The van der Waals surface area contributed by atoms with Crippen LogP contribution in [0.2, 0.25) is 9.88 Å². The molecule has 1 atom stereocenters. The number of allylic oxidation sites excluding steroid dienone is 5. The van der Waals surface area contributed by atoms with Crippen LogP contribution in [0.3, 0.4) is 0 Å². The van der Waals surface area contributed by atoms with Crippen LogP contribution in [-0.2, 0) is 17.3 Å². The van der Waals surface area contributed by atoms with E-state index in [1.165, 1.54) is 12.0 Å². The number of rotatable bonds is 3. The molecule has 2 heteroatoms. The number of hydrogen-bond donors (Lipinski definition) is 0. The molecule has 0 saturated heterocycles. The monoisotopic (exact) mass is 511 g/mol. The summed E-state index contributed by atoms with van der Waals surface area (Å²) < 4.78 is 2.77. The summed E-state index contributed by atoms with van der Waals surface area (Å²) in [5.41, 5.74) is 3.14. The van der Waals surface area contributed by atoms with Crippen molar-refractivity contribution in [2.45, 2.75) is 20.0 Å². The van der Waals surface area contributed by atoms with Gasteiger partial charge in [-0.25, -0.2) is 0 Å². The summed E-state index contributed by atoms with van der Waals surface area (Å²) in [6, 6.07) is 9.05. The van der Waals surface area contributed by atoms with Gasteiger partial charge >= 0.3 is 122 Å². The van der Waals surface area contributed by atoms with Crippen LogP contribution in [0.1, 0.15) is 21.2 Å². The Kier molecular flexibility index (Phi) is 4.09. The first-order chi connectivity index (χ1) is 8.77. The van der Waals surface area contributed by atoms with Gasteiger partial charge in [0, 0.05) is 0 Å². The van der Waals surface area contributed by atoms with Crippen molar-refractivity contribution < 1.29 is 17.3 Å². The first-order valence-electron chi connectivity index (χ1n) is 6.77. The predicted molar refractivity (Wildman–Crippen MR) is 78.9 cm³/mol. The van der Waals surface area contributed by atoms with E-state index < -0.39 is 32.6 Å². The quantitative estimate of drug-likeness (QED) is 0.537. The Labute approximate surface area is 120 Å². The van der Waals surface area contributed by atoms with Crippen LogP contribution >= 0.6 is 0 Å². The van der Waals surface area contributed by atoms with E-state index in [2.05, 4.69) is 64.5 Å². The van der Waals surface area contributed by atoms with E-state index in [-0.39, 0.29) is 0 Å². The van der Waals surface area contributed by atoms with Crippen molar-refractivity contribution >= 4 is 21.4 Å². The summed E-state index contributed by atoms with van der Waals surface area (Å²) in [4.78, 5) is 5.30. The van der Waals surface area contributed by atoms with Crippen LogP contribution in [0, 0.1) is 0 Å². The average Bonchev–Trinajstić information content (AvgIpc) is 3.00. The van der Waals surface area contributed by atoms with Crippen LogP contribution in [0.15, 0.2) is 51.9 Å². The first-order valence-corrected chi connectivity index (χ1v) is 32.8. The zero-order valence-electron chi connectivity index (χ0n) is 11.1. The molecule has 0 spiro atoms. The fraction of sp³-hybridized carbons (Fsp3) is 0.250. The molecule has 1 aromatic carbocycles. The summed E-state index contributed by atoms with van der Waals surface area (Å²) in [5.74, 6) is 0. The van der Waals surface area contributed by atoms with Gasteiger partial charge in [-0.1, -0.05) is 0 Å². The molecule has 0 saturated carbocycles. The van der Waals surface area contributed by atoms with Crippen molar-refractivity contribution in [1.82, 2.24) is 0 Å². The molecule has 3 rings (SSSR count). The van der Waals surface area contributed by atoms with Gasteiger partial charge < -0.3 is 0 Å². The normalized spacial score (nSPS) is 20.4. The second-order valence-corrected chi connectivity index (χ2v) is 62.2. The third kappa shape index (κ3) is 2.40. The van der Waals surface area contributed by atoms with Gasteiger partial charge in [-0.2, -0.15) is 0 Å². The van der Waals surface area contributed by atoms with Crippen molar-refractivity contribution in [3.8, 4) is 0 Å². The zero-order chi connectivity index (χ0) is 12.5. The topological polar surface area (TPSA) is 0 Å². The minimum absolute atomic E-state index is 0.869. The van der Waals surface area contributed by atoms with E-state index in [0.29, 0.717) is 0 Å². The molecule has 91 valence electrons. The van der Waals surface area contributed by atoms with Gasteiger partial charge in [0.1, 0.15) is 0 Å². The van der Waals surface area contributed by atoms with Gasteiger partial charge in [0.25, 0.3) is 0 Å². The number of hydrogen-bond acceptors (Lipinski definition) is 0. The van der Waals surface area contributed by atoms with Gasteiger partial charge in [0.2, 0.25) is 0 Å².